The molecule has 23 heavy (non-hydrogen) atoms. The number of aromatic carboxylic acids is 1. The van der Waals surface area contributed by atoms with Crippen molar-refractivity contribution in [3.05, 3.63) is 28.0 Å². The Morgan fingerprint density at radius 3 is 2.35 bits per heavy atom. The van der Waals surface area contributed by atoms with E-state index in [9.17, 15) is 9.90 Å². The van der Waals surface area contributed by atoms with Gasteiger partial charge in [0.15, 0.2) is 11.5 Å². The number of ether oxygens (including phenoxy) is 3. The summed E-state index contributed by atoms with van der Waals surface area (Å²) in [5.74, 6) is 0.267. The number of hydrogen-bond acceptors (Lipinski definition) is 5. The molecule has 0 saturated heterocycles. The largest absolute Gasteiger partial charge is 0.493 e. The molecular formula is C15H17BrN2O5. The number of rotatable bonds is 6. The number of benzene rings is 1. The van der Waals surface area contributed by atoms with Gasteiger partial charge in [-0.1, -0.05) is 0 Å². The Morgan fingerprint density at radius 1 is 1.22 bits per heavy atom. The van der Waals surface area contributed by atoms with E-state index in [1.165, 1.54) is 21.3 Å². The third-order valence-corrected chi connectivity index (χ3v) is 4.20. The maximum Gasteiger partial charge on any atom is 0.353 e. The number of aromatic nitrogens is 1. The number of nitrogens with one attached hydrogen (secondary N) is 1. The quantitative estimate of drug-likeness (QED) is 0.706. The second kappa shape index (κ2) is 6.93. The molecule has 1 aromatic carbocycles. The summed E-state index contributed by atoms with van der Waals surface area (Å²) < 4.78 is 16.5. The van der Waals surface area contributed by atoms with E-state index in [2.05, 4.69) is 20.9 Å². The third-order valence-electron chi connectivity index (χ3n) is 3.41. The number of nitrogens with two attached hydrogens (primary N) is 1. The minimum Gasteiger partial charge on any atom is -0.493 e. The van der Waals surface area contributed by atoms with Gasteiger partial charge in [-0.15, -0.1) is 0 Å². The van der Waals surface area contributed by atoms with Crippen molar-refractivity contribution in [2.75, 3.05) is 21.3 Å². The van der Waals surface area contributed by atoms with Gasteiger partial charge in [0.05, 0.1) is 25.8 Å². The zero-order valence-electron chi connectivity index (χ0n) is 12.9. The maximum absolute atomic E-state index is 11.3. The summed E-state index contributed by atoms with van der Waals surface area (Å²) in [5, 5.41) is 9.28. The minimum absolute atomic E-state index is 0.0253. The fraction of sp³-hybridized carbons (Fsp3) is 0.267. The molecule has 0 fully saturated rings. The van der Waals surface area contributed by atoms with Crippen LogP contribution >= 0.6 is 15.9 Å². The van der Waals surface area contributed by atoms with E-state index < -0.39 is 5.97 Å². The lowest BCUT2D eigenvalue weighted by Gasteiger charge is -2.16. The van der Waals surface area contributed by atoms with Crippen molar-refractivity contribution in [3.8, 4) is 28.4 Å². The van der Waals surface area contributed by atoms with Crippen LogP contribution < -0.4 is 19.9 Å². The number of carboxylic acids is 1. The Bertz CT molecular complexity index is 742. The highest BCUT2D eigenvalue weighted by atomic mass is 79.9. The van der Waals surface area contributed by atoms with Gasteiger partial charge in [0.2, 0.25) is 5.75 Å². The van der Waals surface area contributed by atoms with Crippen molar-refractivity contribution in [1.82, 2.24) is 4.98 Å². The number of carboxylic acid groups (broad SMARTS) is 1. The highest BCUT2D eigenvalue weighted by molar-refractivity contribution is 9.10. The van der Waals surface area contributed by atoms with Crippen molar-refractivity contribution < 1.29 is 24.1 Å². The Kier molecular flexibility index (Phi) is 5.17. The van der Waals surface area contributed by atoms with E-state index in [1.807, 2.05) is 0 Å². The Labute approximate surface area is 141 Å². The van der Waals surface area contributed by atoms with Crippen LogP contribution in [0.25, 0.3) is 11.1 Å². The maximum atomic E-state index is 11.3. The molecule has 2 aromatic rings. The van der Waals surface area contributed by atoms with E-state index in [0.717, 1.165) is 0 Å². The van der Waals surface area contributed by atoms with Crippen molar-refractivity contribution in [2.45, 2.75) is 6.54 Å². The molecule has 0 bridgehead atoms. The third kappa shape index (κ3) is 2.87. The molecule has 0 radical (unpaired) electrons. The molecule has 7 nitrogen and oxygen atoms in total. The molecule has 0 aliphatic rings. The summed E-state index contributed by atoms with van der Waals surface area (Å²) in [6.07, 6.45) is 0. The zero-order valence-corrected chi connectivity index (χ0v) is 14.5. The van der Waals surface area contributed by atoms with Gasteiger partial charge in [0.1, 0.15) is 5.69 Å². The average Bonchev–Trinajstić information content (AvgIpc) is 2.89. The average molecular weight is 385 g/mol. The molecule has 2 rings (SSSR count). The molecule has 1 heterocycles. The lowest BCUT2D eigenvalue weighted by molar-refractivity contribution is 0.0690. The molecule has 8 heteroatoms. The van der Waals surface area contributed by atoms with E-state index >= 15 is 0 Å². The van der Waals surface area contributed by atoms with Gasteiger partial charge in [0.25, 0.3) is 0 Å². The van der Waals surface area contributed by atoms with E-state index in [-0.39, 0.29) is 12.2 Å². The summed E-state index contributed by atoms with van der Waals surface area (Å²) in [6.45, 7) is 0.138. The molecular weight excluding hydrogens is 368 g/mol. The van der Waals surface area contributed by atoms with Crippen molar-refractivity contribution >= 4 is 21.9 Å². The fourth-order valence-corrected chi connectivity index (χ4v) is 3.13. The number of hydrogen-bond donors (Lipinski definition) is 3. The normalized spacial score (nSPS) is 10.5. The van der Waals surface area contributed by atoms with Gasteiger partial charge in [0, 0.05) is 23.4 Å². The van der Waals surface area contributed by atoms with E-state index in [1.54, 1.807) is 12.1 Å². The summed E-state index contributed by atoms with van der Waals surface area (Å²) in [6, 6.07) is 3.48. The van der Waals surface area contributed by atoms with Crippen LogP contribution in [0.3, 0.4) is 0 Å². The number of halogens is 1. The summed E-state index contributed by atoms with van der Waals surface area (Å²) >= 11 is 3.33. The van der Waals surface area contributed by atoms with E-state index in [0.29, 0.717) is 38.5 Å². The first-order chi connectivity index (χ1) is 11.0. The number of carbonyl (C=O) groups is 1. The first-order valence-electron chi connectivity index (χ1n) is 6.63. The highest BCUT2D eigenvalue weighted by Crippen LogP contribution is 2.47. The molecule has 0 saturated carbocycles. The first kappa shape index (κ1) is 17.2. The van der Waals surface area contributed by atoms with Gasteiger partial charge in [-0.25, -0.2) is 4.79 Å². The highest BCUT2D eigenvalue weighted by Gasteiger charge is 2.25. The molecule has 0 aliphatic heterocycles. The van der Waals surface area contributed by atoms with E-state index in [4.69, 9.17) is 19.9 Å². The lowest BCUT2D eigenvalue weighted by atomic mass is 10.0. The molecule has 124 valence electrons. The van der Waals surface area contributed by atoms with Crippen LogP contribution in [0.4, 0.5) is 0 Å². The van der Waals surface area contributed by atoms with Gasteiger partial charge in [-0.05, 0) is 28.1 Å². The number of methoxy groups -OCH3 is 3. The Morgan fingerprint density at radius 2 is 1.87 bits per heavy atom. The predicted octanol–water partition coefficient (Wildman–Crippen LogP) is 2.63. The van der Waals surface area contributed by atoms with Crippen LogP contribution in [0.5, 0.6) is 17.2 Å². The molecule has 0 atom stereocenters. The monoisotopic (exact) mass is 384 g/mol. The molecule has 0 aliphatic carbocycles. The smallest absolute Gasteiger partial charge is 0.353 e. The van der Waals surface area contributed by atoms with Crippen LogP contribution in [0.1, 0.15) is 16.2 Å². The molecule has 0 spiro atoms. The fourth-order valence-electron chi connectivity index (χ4n) is 2.41. The SMILES string of the molecule is COc1ccc(-c2c(CN)[nH]c(C(=O)O)c2Br)c(OC)c1OC. The summed E-state index contributed by atoms with van der Waals surface area (Å²) in [7, 11) is 4.53. The second-order valence-corrected chi connectivity index (χ2v) is 5.35. The van der Waals surface area contributed by atoms with Crippen molar-refractivity contribution in [1.29, 1.82) is 0 Å². The lowest BCUT2D eigenvalue weighted by Crippen LogP contribution is -2.01. The minimum atomic E-state index is -1.09. The number of aromatic amines is 1. The van der Waals surface area contributed by atoms with Crippen LogP contribution in [0.15, 0.2) is 16.6 Å². The summed E-state index contributed by atoms with van der Waals surface area (Å²) in [4.78, 5) is 14.2. The molecule has 1 aromatic heterocycles. The molecule has 0 amide bonds. The predicted molar refractivity (Wildman–Crippen MR) is 88.4 cm³/mol. The van der Waals surface area contributed by atoms with Gasteiger partial charge < -0.3 is 30.0 Å². The topological polar surface area (TPSA) is 107 Å². The number of H-pyrrole nitrogens is 1. The second-order valence-electron chi connectivity index (χ2n) is 4.56. The van der Waals surface area contributed by atoms with Gasteiger partial charge >= 0.3 is 5.97 Å². The molecule has 0 unspecified atom stereocenters. The van der Waals surface area contributed by atoms with Crippen LogP contribution in [0, 0.1) is 0 Å². The Balaban J connectivity index is 2.79. The van der Waals surface area contributed by atoms with Gasteiger partial charge in [-0.3, -0.25) is 0 Å². The van der Waals surface area contributed by atoms with Crippen molar-refractivity contribution in [3.63, 3.8) is 0 Å². The first-order valence-corrected chi connectivity index (χ1v) is 7.42. The molecule has 4 N–H and O–H groups in total. The van der Waals surface area contributed by atoms with Crippen molar-refractivity contribution in [2.24, 2.45) is 5.73 Å². The standard InChI is InChI=1S/C15H17BrN2O5/c1-21-9-5-4-7(13(22-2)14(9)23-3)10-8(6-17)18-12(11(10)16)15(19)20/h4-5,18H,6,17H2,1-3H3,(H,19,20). The van der Waals surface area contributed by atoms with Crippen LogP contribution in [0.2, 0.25) is 0 Å². The van der Waals surface area contributed by atoms with Crippen LogP contribution in [-0.2, 0) is 6.54 Å². The Hall–Kier alpha value is -2.19. The summed E-state index contributed by atoms with van der Waals surface area (Å²) in [5.41, 5.74) is 7.59. The van der Waals surface area contributed by atoms with Gasteiger partial charge in [-0.2, -0.15) is 0 Å². The zero-order chi connectivity index (χ0) is 17.1. The van der Waals surface area contributed by atoms with Crippen LogP contribution in [-0.4, -0.2) is 37.4 Å².